The molecule has 0 saturated carbocycles. The first-order chi connectivity index (χ1) is 10.9. The first-order valence-corrected chi connectivity index (χ1v) is 8.62. The van der Waals surface area contributed by atoms with Gasteiger partial charge < -0.3 is 15.5 Å². The molecule has 0 amide bonds. The largest absolute Gasteiger partial charge is 0.354 e. The van der Waals surface area contributed by atoms with Gasteiger partial charge in [0.25, 0.3) is 0 Å². The summed E-state index contributed by atoms with van der Waals surface area (Å²) in [6, 6.07) is 1.15. The van der Waals surface area contributed by atoms with Crippen molar-refractivity contribution >= 4 is 29.9 Å². The van der Waals surface area contributed by atoms with Crippen molar-refractivity contribution in [3.8, 4) is 0 Å². The number of guanidine groups is 1. The first kappa shape index (κ1) is 21.2. The van der Waals surface area contributed by atoms with Gasteiger partial charge in [0.15, 0.2) is 5.96 Å². The number of rotatable bonds is 4. The van der Waals surface area contributed by atoms with Crippen LogP contribution in [0.2, 0.25) is 0 Å². The van der Waals surface area contributed by atoms with Crippen LogP contribution in [0.1, 0.15) is 43.6 Å². The Morgan fingerprint density at radius 1 is 1.29 bits per heavy atom. The Kier molecular flexibility index (Phi) is 8.49. The minimum Gasteiger partial charge on any atom is -0.354 e. The van der Waals surface area contributed by atoms with Crippen molar-refractivity contribution in [2.75, 3.05) is 20.1 Å². The molecule has 1 aliphatic rings. The second-order valence-corrected chi connectivity index (χ2v) is 6.75. The molecule has 0 bridgehead atoms. The number of aromatic nitrogens is 2. The molecule has 2 heterocycles. The van der Waals surface area contributed by atoms with Crippen LogP contribution >= 0.6 is 24.0 Å². The number of hydrogen-bond donors (Lipinski definition) is 2. The molecule has 2 rings (SSSR count). The van der Waals surface area contributed by atoms with Gasteiger partial charge in [-0.25, -0.2) is 0 Å². The molecule has 1 saturated heterocycles. The van der Waals surface area contributed by atoms with Gasteiger partial charge in [-0.1, -0.05) is 0 Å². The third-order valence-electron chi connectivity index (χ3n) is 4.92. The van der Waals surface area contributed by atoms with Crippen molar-refractivity contribution < 1.29 is 0 Å². The maximum absolute atomic E-state index is 4.47. The smallest absolute Gasteiger partial charge is 0.191 e. The van der Waals surface area contributed by atoms with Crippen molar-refractivity contribution in [3.05, 3.63) is 17.0 Å². The summed E-state index contributed by atoms with van der Waals surface area (Å²) in [7, 11) is 3.82. The molecule has 0 atom stereocenters. The molecular formula is C17H33IN6. The number of halogens is 1. The highest BCUT2D eigenvalue weighted by Gasteiger charge is 2.21. The van der Waals surface area contributed by atoms with E-state index in [-0.39, 0.29) is 24.0 Å². The van der Waals surface area contributed by atoms with Gasteiger partial charge in [-0.2, -0.15) is 5.10 Å². The molecule has 7 heteroatoms. The van der Waals surface area contributed by atoms with Crippen LogP contribution < -0.4 is 10.6 Å². The zero-order chi connectivity index (χ0) is 17.0. The molecular weight excluding hydrogens is 415 g/mol. The zero-order valence-corrected chi connectivity index (χ0v) is 18.2. The maximum Gasteiger partial charge on any atom is 0.191 e. The number of aliphatic imine (C=N–C) groups is 1. The van der Waals surface area contributed by atoms with Gasteiger partial charge in [-0.3, -0.25) is 9.67 Å². The van der Waals surface area contributed by atoms with E-state index < -0.39 is 0 Å². The SMILES string of the molecule is CN=C(NCc1c(C)nn(C)c1C)NC1CCN(C(C)C)CC1.I. The van der Waals surface area contributed by atoms with Crippen LogP contribution in [0.25, 0.3) is 0 Å². The molecule has 2 N–H and O–H groups in total. The Bertz CT molecular complexity index is 544. The van der Waals surface area contributed by atoms with Gasteiger partial charge in [0.1, 0.15) is 0 Å². The third-order valence-corrected chi connectivity index (χ3v) is 4.92. The summed E-state index contributed by atoms with van der Waals surface area (Å²) >= 11 is 0. The quantitative estimate of drug-likeness (QED) is 0.421. The molecule has 0 aliphatic carbocycles. The summed E-state index contributed by atoms with van der Waals surface area (Å²) in [5.41, 5.74) is 3.54. The second kappa shape index (κ2) is 9.60. The number of nitrogens with one attached hydrogen (secondary N) is 2. The average molecular weight is 448 g/mol. The molecule has 6 nitrogen and oxygen atoms in total. The Morgan fingerprint density at radius 2 is 1.92 bits per heavy atom. The van der Waals surface area contributed by atoms with Crippen molar-refractivity contribution in [3.63, 3.8) is 0 Å². The van der Waals surface area contributed by atoms with Crippen LogP contribution in [-0.2, 0) is 13.6 Å². The fourth-order valence-corrected chi connectivity index (χ4v) is 3.19. The predicted octanol–water partition coefficient (Wildman–Crippen LogP) is 2.19. The van der Waals surface area contributed by atoms with E-state index in [2.05, 4.69) is 53.3 Å². The van der Waals surface area contributed by atoms with Gasteiger partial charge in [0, 0.05) is 57.1 Å². The van der Waals surface area contributed by atoms with Gasteiger partial charge in [-0.15, -0.1) is 24.0 Å². The topological polar surface area (TPSA) is 57.5 Å². The predicted molar refractivity (Wildman–Crippen MR) is 111 cm³/mol. The van der Waals surface area contributed by atoms with Crippen molar-refractivity contribution in [1.29, 1.82) is 0 Å². The van der Waals surface area contributed by atoms with Crippen molar-refractivity contribution in [1.82, 2.24) is 25.3 Å². The number of likely N-dealkylation sites (tertiary alicyclic amines) is 1. The first-order valence-electron chi connectivity index (χ1n) is 8.62. The lowest BCUT2D eigenvalue weighted by molar-refractivity contribution is 0.167. The Balaban J connectivity index is 0.00000288. The lowest BCUT2D eigenvalue weighted by atomic mass is 10.0. The summed E-state index contributed by atoms with van der Waals surface area (Å²) in [6.07, 6.45) is 2.34. The van der Waals surface area contributed by atoms with E-state index in [9.17, 15) is 0 Å². The van der Waals surface area contributed by atoms with Crippen LogP contribution in [-0.4, -0.2) is 52.9 Å². The fraction of sp³-hybridized carbons (Fsp3) is 0.765. The third kappa shape index (κ3) is 5.34. The Morgan fingerprint density at radius 3 is 2.38 bits per heavy atom. The molecule has 0 unspecified atom stereocenters. The number of piperidine rings is 1. The van der Waals surface area contributed by atoms with E-state index >= 15 is 0 Å². The van der Waals surface area contributed by atoms with E-state index in [0.29, 0.717) is 12.1 Å². The summed E-state index contributed by atoms with van der Waals surface area (Å²) in [5.74, 6) is 0.885. The van der Waals surface area contributed by atoms with Gasteiger partial charge in [0.2, 0.25) is 0 Å². The van der Waals surface area contributed by atoms with Gasteiger partial charge >= 0.3 is 0 Å². The molecule has 24 heavy (non-hydrogen) atoms. The van der Waals surface area contributed by atoms with E-state index in [1.54, 1.807) is 0 Å². The number of aryl methyl sites for hydroxylation is 2. The summed E-state index contributed by atoms with van der Waals surface area (Å²) in [6.45, 7) is 11.8. The van der Waals surface area contributed by atoms with E-state index in [1.807, 2.05) is 18.8 Å². The fourth-order valence-electron chi connectivity index (χ4n) is 3.19. The molecule has 0 aromatic carbocycles. The minimum absolute atomic E-state index is 0. The second-order valence-electron chi connectivity index (χ2n) is 6.75. The highest BCUT2D eigenvalue weighted by Crippen LogP contribution is 2.13. The van der Waals surface area contributed by atoms with Crippen LogP contribution in [0.4, 0.5) is 0 Å². The van der Waals surface area contributed by atoms with Crippen molar-refractivity contribution in [2.24, 2.45) is 12.0 Å². The maximum atomic E-state index is 4.47. The van der Waals surface area contributed by atoms with Crippen LogP contribution in [0.5, 0.6) is 0 Å². The molecule has 1 aromatic rings. The highest BCUT2D eigenvalue weighted by atomic mass is 127. The summed E-state index contributed by atoms with van der Waals surface area (Å²) in [5, 5.41) is 11.5. The number of nitrogens with zero attached hydrogens (tertiary/aromatic N) is 4. The Labute approximate surface area is 163 Å². The van der Waals surface area contributed by atoms with E-state index in [0.717, 1.165) is 31.3 Å². The average Bonchev–Trinajstić information content (AvgIpc) is 2.77. The normalized spacial score (nSPS) is 17.0. The van der Waals surface area contributed by atoms with Crippen LogP contribution in [0, 0.1) is 13.8 Å². The van der Waals surface area contributed by atoms with Crippen LogP contribution in [0.3, 0.4) is 0 Å². The van der Waals surface area contributed by atoms with Gasteiger partial charge in [0.05, 0.1) is 5.69 Å². The van der Waals surface area contributed by atoms with Gasteiger partial charge in [-0.05, 0) is 40.5 Å². The monoisotopic (exact) mass is 448 g/mol. The molecule has 1 aliphatic heterocycles. The van der Waals surface area contributed by atoms with E-state index in [4.69, 9.17) is 0 Å². The standard InChI is InChI=1S/C17H32N6.HI/c1-12(2)23-9-7-15(8-10-23)20-17(18-5)19-11-16-13(3)21-22(6)14(16)4;/h12,15H,7-11H2,1-6H3,(H2,18,19,20);1H. The highest BCUT2D eigenvalue weighted by molar-refractivity contribution is 14.0. The summed E-state index contributed by atoms with van der Waals surface area (Å²) in [4.78, 5) is 6.91. The molecule has 0 radical (unpaired) electrons. The zero-order valence-electron chi connectivity index (χ0n) is 15.9. The molecule has 1 fully saturated rings. The molecule has 0 spiro atoms. The molecule has 1 aromatic heterocycles. The number of hydrogen-bond acceptors (Lipinski definition) is 3. The minimum atomic E-state index is 0. The lowest BCUT2D eigenvalue weighted by Crippen LogP contribution is -2.49. The van der Waals surface area contributed by atoms with Crippen LogP contribution in [0.15, 0.2) is 4.99 Å². The Hall–Kier alpha value is -0.830. The van der Waals surface area contributed by atoms with E-state index in [1.165, 1.54) is 24.1 Å². The summed E-state index contributed by atoms with van der Waals surface area (Å²) < 4.78 is 1.93. The van der Waals surface area contributed by atoms with Crippen molar-refractivity contribution in [2.45, 2.75) is 59.2 Å². The lowest BCUT2D eigenvalue weighted by Gasteiger charge is -2.35. The molecule has 138 valence electrons.